The number of hydrogen-bond donors (Lipinski definition) is 2. The molecule has 0 radical (unpaired) electrons. The maximum Gasteiger partial charge on any atom is 0.220 e. The van der Waals surface area contributed by atoms with Crippen molar-refractivity contribution in [3.63, 3.8) is 0 Å². The third-order valence-corrected chi connectivity index (χ3v) is 3.87. The molecular weight excluding hydrogens is 254 g/mol. The lowest BCUT2D eigenvalue weighted by Crippen LogP contribution is -2.39. The maximum atomic E-state index is 11.2. The van der Waals surface area contributed by atoms with E-state index in [0.29, 0.717) is 5.82 Å². The third kappa shape index (κ3) is 3.00. The minimum absolute atomic E-state index is 0.0131. The zero-order valence-corrected chi connectivity index (χ0v) is 12.2. The normalized spacial score (nSPS) is 16.4. The number of aromatic nitrogens is 2. The van der Waals surface area contributed by atoms with Crippen LogP contribution >= 0.6 is 0 Å². The summed E-state index contributed by atoms with van der Waals surface area (Å²) in [6.45, 7) is 5.62. The van der Waals surface area contributed by atoms with Crippen LogP contribution in [-0.2, 0) is 11.2 Å². The molecule has 1 amide bonds. The first-order chi connectivity index (χ1) is 9.52. The molecule has 1 saturated heterocycles. The molecule has 1 aliphatic rings. The summed E-state index contributed by atoms with van der Waals surface area (Å²) in [6.07, 6.45) is 3.38. The topological polar surface area (TPSA) is 98.1 Å². The van der Waals surface area contributed by atoms with E-state index in [-0.39, 0.29) is 11.8 Å². The van der Waals surface area contributed by atoms with Crippen LogP contribution in [0.1, 0.15) is 37.6 Å². The zero-order chi connectivity index (χ0) is 14.7. The fraction of sp³-hybridized carbons (Fsp3) is 0.643. The van der Waals surface area contributed by atoms with Gasteiger partial charge in [-0.25, -0.2) is 9.97 Å². The third-order valence-electron chi connectivity index (χ3n) is 3.87. The van der Waals surface area contributed by atoms with Gasteiger partial charge in [-0.1, -0.05) is 6.92 Å². The molecule has 6 heteroatoms. The monoisotopic (exact) mass is 277 g/mol. The van der Waals surface area contributed by atoms with Crippen LogP contribution in [0.5, 0.6) is 0 Å². The van der Waals surface area contributed by atoms with E-state index in [1.807, 2.05) is 6.92 Å². The van der Waals surface area contributed by atoms with Gasteiger partial charge >= 0.3 is 0 Å². The molecule has 1 aromatic rings. The summed E-state index contributed by atoms with van der Waals surface area (Å²) in [5.74, 6) is 2.04. The van der Waals surface area contributed by atoms with Gasteiger partial charge in [-0.05, 0) is 26.2 Å². The molecule has 110 valence electrons. The zero-order valence-electron chi connectivity index (χ0n) is 12.2. The Kier molecular flexibility index (Phi) is 4.42. The van der Waals surface area contributed by atoms with Gasteiger partial charge in [-0.2, -0.15) is 0 Å². The van der Waals surface area contributed by atoms with Crippen LogP contribution in [0.2, 0.25) is 0 Å². The Morgan fingerprint density at radius 1 is 1.35 bits per heavy atom. The van der Waals surface area contributed by atoms with E-state index in [1.54, 1.807) is 0 Å². The summed E-state index contributed by atoms with van der Waals surface area (Å²) in [5, 5.41) is 0. The van der Waals surface area contributed by atoms with Gasteiger partial charge in [-0.3, -0.25) is 4.79 Å². The van der Waals surface area contributed by atoms with Gasteiger partial charge in [0, 0.05) is 31.0 Å². The molecule has 0 unspecified atom stereocenters. The van der Waals surface area contributed by atoms with Crippen LogP contribution in [0.4, 0.5) is 11.6 Å². The molecule has 1 aromatic heterocycles. The van der Waals surface area contributed by atoms with E-state index >= 15 is 0 Å². The number of aryl methyl sites for hydroxylation is 1. The van der Waals surface area contributed by atoms with Crippen LogP contribution < -0.4 is 16.4 Å². The molecule has 0 spiro atoms. The number of anilines is 2. The highest BCUT2D eigenvalue weighted by molar-refractivity contribution is 5.77. The lowest BCUT2D eigenvalue weighted by Gasteiger charge is -2.32. The molecule has 1 aliphatic heterocycles. The Morgan fingerprint density at radius 3 is 2.55 bits per heavy atom. The molecule has 4 N–H and O–H groups in total. The number of nitrogens with zero attached hydrogens (tertiary/aromatic N) is 3. The highest BCUT2D eigenvalue weighted by atomic mass is 16.1. The van der Waals surface area contributed by atoms with E-state index < -0.39 is 0 Å². The van der Waals surface area contributed by atoms with Crippen LogP contribution in [0, 0.1) is 12.8 Å². The summed E-state index contributed by atoms with van der Waals surface area (Å²) in [7, 11) is 0. The van der Waals surface area contributed by atoms with Crippen LogP contribution in [-0.4, -0.2) is 29.0 Å². The summed E-state index contributed by atoms with van der Waals surface area (Å²) < 4.78 is 0. The molecule has 6 nitrogen and oxygen atoms in total. The smallest absolute Gasteiger partial charge is 0.220 e. The fourth-order valence-corrected chi connectivity index (χ4v) is 2.59. The SMILES string of the molecule is CCCc1nc(N)c(C)c(N2CCC(C(N)=O)CC2)n1. The van der Waals surface area contributed by atoms with Crippen molar-refractivity contribution in [3.05, 3.63) is 11.4 Å². The summed E-state index contributed by atoms with van der Waals surface area (Å²) in [6, 6.07) is 0. The van der Waals surface area contributed by atoms with Gasteiger partial charge < -0.3 is 16.4 Å². The van der Waals surface area contributed by atoms with Gasteiger partial charge in [0.2, 0.25) is 5.91 Å². The van der Waals surface area contributed by atoms with Gasteiger partial charge in [0.1, 0.15) is 17.5 Å². The van der Waals surface area contributed by atoms with E-state index in [2.05, 4.69) is 21.8 Å². The number of hydrogen-bond acceptors (Lipinski definition) is 5. The van der Waals surface area contributed by atoms with Crippen molar-refractivity contribution < 1.29 is 4.79 Å². The lowest BCUT2D eigenvalue weighted by atomic mass is 9.96. The largest absolute Gasteiger partial charge is 0.383 e. The fourth-order valence-electron chi connectivity index (χ4n) is 2.59. The first-order valence-electron chi connectivity index (χ1n) is 7.20. The first kappa shape index (κ1) is 14.6. The standard InChI is InChI=1S/C14H23N5O/c1-3-4-11-17-12(15)9(2)14(18-11)19-7-5-10(6-8-19)13(16)20/h10H,3-8H2,1-2H3,(H2,16,20)(H2,15,17,18). The molecule has 0 aliphatic carbocycles. The Hall–Kier alpha value is -1.85. The molecule has 1 fully saturated rings. The van der Waals surface area contributed by atoms with Gasteiger partial charge in [0.05, 0.1) is 0 Å². The number of primary amides is 1. The summed E-state index contributed by atoms with van der Waals surface area (Å²) in [4.78, 5) is 22.4. The average Bonchev–Trinajstić information content (AvgIpc) is 2.43. The van der Waals surface area contributed by atoms with E-state index in [4.69, 9.17) is 11.5 Å². The Morgan fingerprint density at radius 2 is 2.00 bits per heavy atom. The second-order valence-corrected chi connectivity index (χ2v) is 5.39. The molecule has 2 rings (SSSR count). The van der Waals surface area contributed by atoms with E-state index in [0.717, 1.165) is 56.0 Å². The maximum absolute atomic E-state index is 11.2. The van der Waals surface area contributed by atoms with Crippen molar-refractivity contribution >= 4 is 17.5 Å². The predicted molar refractivity (Wildman–Crippen MR) is 79.3 cm³/mol. The number of carbonyl (C=O) groups is 1. The summed E-state index contributed by atoms with van der Waals surface area (Å²) >= 11 is 0. The van der Waals surface area contributed by atoms with Crippen molar-refractivity contribution in [1.82, 2.24) is 9.97 Å². The molecule has 0 bridgehead atoms. The molecule has 2 heterocycles. The molecule has 0 saturated carbocycles. The number of piperidine rings is 1. The minimum Gasteiger partial charge on any atom is -0.383 e. The van der Waals surface area contributed by atoms with Crippen LogP contribution in [0.15, 0.2) is 0 Å². The number of amides is 1. The molecule has 0 atom stereocenters. The number of rotatable bonds is 4. The van der Waals surface area contributed by atoms with Gasteiger partial charge in [-0.15, -0.1) is 0 Å². The Labute approximate surface area is 119 Å². The second-order valence-electron chi connectivity index (χ2n) is 5.39. The van der Waals surface area contributed by atoms with Crippen LogP contribution in [0.25, 0.3) is 0 Å². The van der Waals surface area contributed by atoms with Crippen LogP contribution in [0.3, 0.4) is 0 Å². The predicted octanol–water partition coefficient (Wildman–Crippen LogP) is 1.02. The number of nitrogen functional groups attached to an aromatic ring is 1. The van der Waals surface area contributed by atoms with Crippen molar-refractivity contribution in [3.8, 4) is 0 Å². The highest BCUT2D eigenvalue weighted by Crippen LogP contribution is 2.26. The van der Waals surface area contributed by atoms with E-state index in [9.17, 15) is 4.79 Å². The molecule has 20 heavy (non-hydrogen) atoms. The Balaban J connectivity index is 2.18. The van der Waals surface area contributed by atoms with Gasteiger partial charge in [0.15, 0.2) is 0 Å². The number of carbonyl (C=O) groups excluding carboxylic acids is 1. The van der Waals surface area contributed by atoms with Crippen molar-refractivity contribution in [2.75, 3.05) is 23.7 Å². The lowest BCUT2D eigenvalue weighted by molar-refractivity contribution is -0.122. The summed E-state index contributed by atoms with van der Waals surface area (Å²) in [5.41, 5.74) is 12.3. The quantitative estimate of drug-likeness (QED) is 0.856. The Bertz CT molecular complexity index is 495. The second kappa shape index (κ2) is 6.07. The average molecular weight is 277 g/mol. The first-order valence-corrected chi connectivity index (χ1v) is 7.20. The van der Waals surface area contributed by atoms with Crippen molar-refractivity contribution in [2.24, 2.45) is 11.7 Å². The molecular formula is C14H23N5O. The minimum atomic E-state index is -0.199. The van der Waals surface area contributed by atoms with Crippen molar-refractivity contribution in [2.45, 2.75) is 39.5 Å². The van der Waals surface area contributed by atoms with Gasteiger partial charge in [0.25, 0.3) is 0 Å². The van der Waals surface area contributed by atoms with E-state index in [1.165, 1.54) is 0 Å². The highest BCUT2D eigenvalue weighted by Gasteiger charge is 2.25. The molecule has 0 aromatic carbocycles. The van der Waals surface area contributed by atoms with Crippen molar-refractivity contribution in [1.29, 1.82) is 0 Å². The number of nitrogens with two attached hydrogens (primary N) is 2.